The summed E-state index contributed by atoms with van der Waals surface area (Å²) >= 11 is 0. The SMILES string of the molecule is CC[C@H](C)NC(=O)[C@H](C)N(Cc1ccccc1F)C(=O)CCc1ccc(C(C)C)cc1. The number of rotatable bonds is 10. The second-order valence-electron chi connectivity index (χ2n) is 8.50. The molecule has 0 unspecified atom stereocenters. The fraction of sp³-hybridized carbons (Fsp3) is 0.462. The van der Waals surface area contributed by atoms with Crippen LogP contribution in [-0.4, -0.2) is 28.8 Å². The predicted octanol–water partition coefficient (Wildman–Crippen LogP) is 5.21. The standard InChI is InChI=1S/C26H35FN2O2/c1-6-19(4)28-26(31)20(5)29(17-23-9-7-8-10-24(23)27)25(30)16-13-21-11-14-22(15-12-21)18(2)3/h7-12,14-15,18-20H,6,13,16-17H2,1-5H3,(H,28,31)/t19-,20-/m0/s1. The van der Waals surface area contributed by atoms with Crippen LogP contribution in [-0.2, 0) is 22.6 Å². The molecule has 0 spiro atoms. The summed E-state index contributed by atoms with van der Waals surface area (Å²) < 4.78 is 14.3. The van der Waals surface area contributed by atoms with Crippen molar-refractivity contribution in [3.63, 3.8) is 0 Å². The average molecular weight is 427 g/mol. The molecule has 0 aliphatic carbocycles. The van der Waals surface area contributed by atoms with Gasteiger partial charge in [-0.15, -0.1) is 0 Å². The van der Waals surface area contributed by atoms with Crippen LogP contribution in [0.5, 0.6) is 0 Å². The van der Waals surface area contributed by atoms with E-state index in [4.69, 9.17) is 0 Å². The van der Waals surface area contributed by atoms with Gasteiger partial charge in [-0.25, -0.2) is 4.39 Å². The van der Waals surface area contributed by atoms with Gasteiger partial charge < -0.3 is 10.2 Å². The van der Waals surface area contributed by atoms with Crippen LogP contribution in [0, 0.1) is 5.82 Å². The minimum Gasteiger partial charge on any atom is -0.352 e. The van der Waals surface area contributed by atoms with Crippen molar-refractivity contribution in [2.45, 2.75) is 78.4 Å². The van der Waals surface area contributed by atoms with E-state index in [-0.39, 0.29) is 36.6 Å². The molecule has 2 atom stereocenters. The maximum Gasteiger partial charge on any atom is 0.242 e. The number of nitrogens with zero attached hydrogens (tertiary/aromatic N) is 1. The number of hydrogen-bond donors (Lipinski definition) is 1. The van der Waals surface area contributed by atoms with Crippen molar-refractivity contribution in [3.05, 3.63) is 71.0 Å². The number of nitrogens with one attached hydrogen (secondary N) is 1. The van der Waals surface area contributed by atoms with Crippen molar-refractivity contribution in [1.82, 2.24) is 10.2 Å². The molecule has 0 heterocycles. The average Bonchev–Trinajstić information content (AvgIpc) is 2.76. The van der Waals surface area contributed by atoms with Gasteiger partial charge in [-0.05, 0) is 49.8 Å². The number of carbonyl (C=O) groups excluding carboxylic acids is 2. The van der Waals surface area contributed by atoms with Crippen molar-refractivity contribution in [1.29, 1.82) is 0 Å². The first-order valence-electron chi connectivity index (χ1n) is 11.1. The minimum atomic E-state index is -0.690. The first-order chi connectivity index (χ1) is 14.7. The molecule has 0 bridgehead atoms. The van der Waals surface area contributed by atoms with E-state index in [0.29, 0.717) is 17.9 Å². The Morgan fingerprint density at radius 3 is 2.23 bits per heavy atom. The number of aryl methyl sites for hydroxylation is 1. The number of benzene rings is 2. The highest BCUT2D eigenvalue weighted by molar-refractivity contribution is 5.87. The van der Waals surface area contributed by atoms with Crippen LogP contribution in [0.25, 0.3) is 0 Å². The number of carbonyl (C=O) groups is 2. The summed E-state index contributed by atoms with van der Waals surface area (Å²) in [5.41, 5.74) is 2.73. The van der Waals surface area contributed by atoms with Gasteiger partial charge in [-0.2, -0.15) is 0 Å². The van der Waals surface area contributed by atoms with Gasteiger partial charge in [0.2, 0.25) is 11.8 Å². The number of hydrogen-bond acceptors (Lipinski definition) is 2. The van der Waals surface area contributed by atoms with E-state index in [9.17, 15) is 14.0 Å². The molecule has 0 aliphatic rings. The van der Waals surface area contributed by atoms with Crippen LogP contribution in [0.1, 0.15) is 70.1 Å². The molecule has 1 N–H and O–H groups in total. The molecule has 31 heavy (non-hydrogen) atoms. The summed E-state index contributed by atoms with van der Waals surface area (Å²) in [4.78, 5) is 27.3. The van der Waals surface area contributed by atoms with Crippen molar-refractivity contribution >= 4 is 11.8 Å². The topological polar surface area (TPSA) is 49.4 Å². The van der Waals surface area contributed by atoms with E-state index in [1.165, 1.54) is 16.5 Å². The Kier molecular flexibility index (Phi) is 9.22. The number of amides is 2. The molecule has 0 saturated carbocycles. The van der Waals surface area contributed by atoms with Crippen LogP contribution in [0.15, 0.2) is 48.5 Å². The lowest BCUT2D eigenvalue weighted by atomic mass is 10.00. The van der Waals surface area contributed by atoms with Gasteiger partial charge in [0.1, 0.15) is 11.9 Å². The van der Waals surface area contributed by atoms with Crippen LogP contribution in [0.4, 0.5) is 4.39 Å². The van der Waals surface area contributed by atoms with Gasteiger partial charge in [0.15, 0.2) is 0 Å². The molecule has 2 aromatic rings. The van der Waals surface area contributed by atoms with Crippen LogP contribution in [0.3, 0.4) is 0 Å². The lowest BCUT2D eigenvalue weighted by molar-refractivity contribution is -0.140. The van der Waals surface area contributed by atoms with Gasteiger partial charge in [-0.3, -0.25) is 9.59 Å². The van der Waals surface area contributed by atoms with E-state index in [1.807, 2.05) is 26.0 Å². The summed E-state index contributed by atoms with van der Waals surface area (Å²) in [5, 5.41) is 2.93. The highest BCUT2D eigenvalue weighted by Crippen LogP contribution is 2.18. The summed E-state index contributed by atoms with van der Waals surface area (Å²) in [7, 11) is 0. The molecule has 2 rings (SSSR count). The molecule has 4 nitrogen and oxygen atoms in total. The van der Waals surface area contributed by atoms with Crippen LogP contribution < -0.4 is 5.32 Å². The van der Waals surface area contributed by atoms with Crippen molar-refractivity contribution in [3.8, 4) is 0 Å². The third-order valence-electron chi connectivity index (χ3n) is 5.74. The van der Waals surface area contributed by atoms with Crippen molar-refractivity contribution < 1.29 is 14.0 Å². The zero-order valence-corrected chi connectivity index (χ0v) is 19.3. The second kappa shape index (κ2) is 11.6. The van der Waals surface area contributed by atoms with Gasteiger partial charge in [0.25, 0.3) is 0 Å². The molecule has 0 aliphatic heterocycles. The lowest BCUT2D eigenvalue weighted by Gasteiger charge is -2.30. The van der Waals surface area contributed by atoms with Gasteiger partial charge in [-0.1, -0.05) is 63.2 Å². The van der Waals surface area contributed by atoms with Gasteiger partial charge in [0, 0.05) is 24.6 Å². The Labute approximate surface area is 185 Å². The first-order valence-corrected chi connectivity index (χ1v) is 11.1. The van der Waals surface area contributed by atoms with E-state index in [0.717, 1.165) is 12.0 Å². The molecule has 5 heteroatoms. The van der Waals surface area contributed by atoms with Crippen molar-refractivity contribution in [2.24, 2.45) is 0 Å². The summed E-state index contributed by atoms with van der Waals surface area (Å²) in [5.74, 6) is -0.306. The van der Waals surface area contributed by atoms with Crippen LogP contribution in [0.2, 0.25) is 0 Å². The quantitative estimate of drug-likeness (QED) is 0.567. The zero-order chi connectivity index (χ0) is 23.0. The van der Waals surface area contributed by atoms with E-state index < -0.39 is 6.04 Å². The zero-order valence-electron chi connectivity index (χ0n) is 19.3. The normalized spacial score (nSPS) is 13.0. The fourth-order valence-corrected chi connectivity index (χ4v) is 3.32. The summed E-state index contributed by atoms with van der Waals surface area (Å²) in [6.45, 7) is 9.97. The van der Waals surface area contributed by atoms with E-state index in [1.54, 1.807) is 25.1 Å². The Morgan fingerprint density at radius 2 is 1.65 bits per heavy atom. The fourth-order valence-electron chi connectivity index (χ4n) is 3.32. The highest BCUT2D eigenvalue weighted by Gasteiger charge is 2.27. The highest BCUT2D eigenvalue weighted by atomic mass is 19.1. The Morgan fingerprint density at radius 1 is 1.00 bits per heavy atom. The summed E-state index contributed by atoms with van der Waals surface area (Å²) in [6, 6.07) is 14.0. The smallest absolute Gasteiger partial charge is 0.242 e. The Bertz CT molecular complexity index is 864. The number of halogens is 1. The molecular weight excluding hydrogens is 391 g/mol. The Hall–Kier alpha value is -2.69. The predicted molar refractivity (Wildman–Crippen MR) is 123 cm³/mol. The molecule has 2 amide bonds. The monoisotopic (exact) mass is 426 g/mol. The van der Waals surface area contributed by atoms with Gasteiger partial charge in [0.05, 0.1) is 0 Å². The maximum absolute atomic E-state index is 14.3. The molecule has 168 valence electrons. The van der Waals surface area contributed by atoms with E-state index in [2.05, 4.69) is 31.3 Å². The molecular formula is C26H35FN2O2. The summed E-state index contributed by atoms with van der Waals surface area (Å²) in [6.07, 6.45) is 1.63. The molecule has 0 radical (unpaired) electrons. The third-order valence-corrected chi connectivity index (χ3v) is 5.74. The van der Waals surface area contributed by atoms with E-state index >= 15 is 0 Å². The second-order valence-corrected chi connectivity index (χ2v) is 8.50. The minimum absolute atomic E-state index is 0.0137. The first kappa shape index (κ1) is 24.6. The van der Waals surface area contributed by atoms with Crippen molar-refractivity contribution in [2.75, 3.05) is 0 Å². The third kappa shape index (κ3) is 7.20. The largest absolute Gasteiger partial charge is 0.352 e. The van der Waals surface area contributed by atoms with Gasteiger partial charge >= 0.3 is 0 Å². The lowest BCUT2D eigenvalue weighted by Crippen LogP contribution is -2.49. The molecule has 2 aromatic carbocycles. The maximum atomic E-state index is 14.3. The molecule has 0 fully saturated rings. The molecule has 0 saturated heterocycles. The van der Waals surface area contributed by atoms with Crippen LogP contribution >= 0.6 is 0 Å². The Balaban J connectivity index is 2.14. The molecule has 0 aromatic heterocycles.